The van der Waals surface area contributed by atoms with Gasteiger partial charge in [0.2, 0.25) is 10.0 Å². The Morgan fingerprint density at radius 1 is 1.10 bits per heavy atom. The zero-order chi connectivity index (χ0) is 15.5. The predicted octanol–water partition coefficient (Wildman–Crippen LogP) is 3.15. The molecule has 1 atom stereocenters. The van der Waals surface area contributed by atoms with Crippen molar-refractivity contribution in [1.82, 2.24) is 4.72 Å². The zero-order valence-corrected chi connectivity index (χ0v) is 12.8. The lowest BCUT2D eigenvalue weighted by molar-refractivity contribution is 0.581. The number of rotatable bonds is 5. The Labute approximate surface area is 124 Å². The first kappa shape index (κ1) is 15.7. The molecule has 0 aliphatic rings. The summed E-state index contributed by atoms with van der Waals surface area (Å²) >= 11 is 0. The summed E-state index contributed by atoms with van der Waals surface area (Å²) in [6, 6.07) is 14.1. The summed E-state index contributed by atoms with van der Waals surface area (Å²) in [5.41, 5.74) is 2.37. The highest BCUT2D eigenvalue weighted by atomic mass is 32.2. The normalized spacial score (nSPS) is 13.1. The van der Waals surface area contributed by atoms with Crippen LogP contribution < -0.4 is 4.72 Å². The number of hydrogen-bond acceptors (Lipinski definition) is 2. The van der Waals surface area contributed by atoms with Crippen molar-refractivity contribution in [3.05, 3.63) is 59.9 Å². The van der Waals surface area contributed by atoms with Crippen LogP contribution in [0.3, 0.4) is 0 Å². The fraction of sp³-hybridized carbons (Fsp3) is 0.250. The van der Waals surface area contributed by atoms with Gasteiger partial charge in [-0.15, -0.1) is 0 Å². The highest BCUT2D eigenvalue weighted by Gasteiger charge is 2.10. The van der Waals surface area contributed by atoms with Gasteiger partial charge in [-0.2, -0.15) is 0 Å². The van der Waals surface area contributed by atoms with Crippen LogP contribution in [0.4, 0.5) is 4.39 Å². The van der Waals surface area contributed by atoms with Crippen LogP contribution >= 0.6 is 0 Å². The summed E-state index contributed by atoms with van der Waals surface area (Å²) in [5.74, 6) is -0.202. The van der Waals surface area contributed by atoms with Crippen molar-refractivity contribution < 1.29 is 12.8 Å². The maximum atomic E-state index is 13.7. The average molecular weight is 307 g/mol. The van der Waals surface area contributed by atoms with E-state index in [1.54, 1.807) is 18.2 Å². The van der Waals surface area contributed by atoms with Gasteiger partial charge in [-0.3, -0.25) is 0 Å². The Morgan fingerprint density at radius 2 is 1.71 bits per heavy atom. The first-order valence-electron chi connectivity index (χ1n) is 6.66. The summed E-state index contributed by atoms with van der Waals surface area (Å²) in [6.07, 6.45) is 1.14. The smallest absolute Gasteiger partial charge is 0.208 e. The van der Waals surface area contributed by atoms with Crippen molar-refractivity contribution in [3.8, 4) is 11.1 Å². The highest BCUT2D eigenvalue weighted by molar-refractivity contribution is 7.88. The fourth-order valence-corrected chi connectivity index (χ4v) is 2.63. The Morgan fingerprint density at radius 3 is 2.29 bits per heavy atom. The van der Waals surface area contributed by atoms with Gasteiger partial charge in [-0.25, -0.2) is 17.5 Å². The molecular formula is C16H18FNO2S. The van der Waals surface area contributed by atoms with E-state index in [1.165, 1.54) is 6.07 Å². The third-order valence-corrected chi connectivity index (χ3v) is 4.01. The van der Waals surface area contributed by atoms with Crippen LogP contribution in [-0.4, -0.2) is 21.2 Å². The van der Waals surface area contributed by atoms with Gasteiger partial charge in [0.15, 0.2) is 0 Å². The Hall–Kier alpha value is -1.72. The van der Waals surface area contributed by atoms with Gasteiger partial charge in [-0.05, 0) is 23.1 Å². The van der Waals surface area contributed by atoms with E-state index in [9.17, 15) is 12.8 Å². The van der Waals surface area contributed by atoms with Gasteiger partial charge in [-0.1, -0.05) is 49.4 Å². The lowest BCUT2D eigenvalue weighted by Crippen LogP contribution is -2.26. The van der Waals surface area contributed by atoms with Gasteiger partial charge in [0.25, 0.3) is 0 Å². The maximum absolute atomic E-state index is 13.7. The number of sulfonamides is 1. The predicted molar refractivity (Wildman–Crippen MR) is 83.1 cm³/mol. The Balaban J connectivity index is 2.14. The van der Waals surface area contributed by atoms with Crippen molar-refractivity contribution in [2.24, 2.45) is 0 Å². The molecule has 21 heavy (non-hydrogen) atoms. The summed E-state index contributed by atoms with van der Waals surface area (Å²) in [5, 5.41) is 0. The summed E-state index contributed by atoms with van der Waals surface area (Å²) in [4.78, 5) is 0. The van der Waals surface area contributed by atoms with E-state index in [4.69, 9.17) is 0 Å². The largest absolute Gasteiger partial charge is 0.215 e. The quantitative estimate of drug-likeness (QED) is 0.922. The van der Waals surface area contributed by atoms with E-state index in [1.807, 2.05) is 31.2 Å². The van der Waals surface area contributed by atoms with Crippen molar-refractivity contribution >= 4 is 10.0 Å². The molecule has 0 aliphatic carbocycles. The molecule has 2 aromatic rings. The molecule has 0 amide bonds. The van der Waals surface area contributed by atoms with Gasteiger partial charge >= 0.3 is 0 Å². The minimum atomic E-state index is -3.18. The molecule has 0 heterocycles. The second-order valence-electron chi connectivity index (χ2n) is 5.12. The molecule has 0 saturated carbocycles. The van der Waals surface area contributed by atoms with E-state index < -0.39 is 10.0 Å². The monoisotopic (exact) mass is 307 g/mol. The lowest BCUT2D eigenvalue weighted by Gasteiger charge is -2.13. The zero-order valence-electron chi connectivity index (χ0n) is 12.0. The Bertz CT molecular complexity index is 711. The third-order valence-electron chi connectivity index (χ3n) is 3.32. The molecular weight excluding hydrogens is 289 g/mol. The average Bonchev–Trinajstić information content (AvgIpc) is 2.45. The SMILES string of the molecule is C[C@H](CNS(C)(=O)=O)c1ccc(-c2ccccc2F)cc1. The van der Waals surface area contributed by atoms with E-state index in [2.05, 4.69) is 4.72 Å². The van der Waals surface area contributed by atoms with Gasteiger partial charge in [0, 0.05) is 12.1 Å². The van der Waals surface area contributed by atoms with Gasteiger partial charge in [0.05, 0.1) is 6.26 Å². The molecule has 0 radical (unpaired) electrons. The summed E-state index contributed by atoms with van der Waals surface area (Å²) < 4.78 is 38.4. The van der Waals surface area contributed by atoms with Crippen LogP contribution in [0.15, 0.2) is 48.5 Å². The molecule has 0 aromatic heterocycles. The third kappa shape index (κ3) is 4.37. The van der Waals surface area contributed by atoms with E-state index in [0.29, 0.717) is 12.1 Å². The molecule has 0 saturated heterocycles. The minimum Gasteiger partial charge on any atom is -0.215 e. The fourth-order valence-electron chi connectivity index (χ4n) is 2.08. The lowest BCUT2D eigenvalue weighted by atomic mass is 9.97. The second kappa shape index (κ2) is 6.37. The van der Waals surface area contributed by atoms with E-state index in [-0.39, 0.29) is 11.7 Å². The number of benzene rings is 2. The summed E-state index contributed by atoms with van der Waals surface area (Å²) in [6.45, 7) is 2.29. The standard InChI is InChI=1S/C16H18FNO2S/c1-12(11-18-21(2,19)20)13-7-9-14(10-8-13)15-5-3-4-6-16(15)17/h3-10,12,18H,11H2,1-2H3/t12-/m1/s1. The van der Waals surface area contributed by atoms with Crippen LogP contribution in [0, 0.1) is 5.82 Å². The van der Waals surface area contributed by atoms with Crippen molar-refractivity contribution in [2.45, 2.75) is 12.8 Å². The first-order chi connectivity index (χ1) is 9.87. The second-order valence-corrected chi connectivity index (χ2v) is 6.96. The van der Waals surface area contributed by atoms with Crippen molar-refractivity contribution in [1.29, 1.82) is 0 Å². The molecule has 0 unspecified atom stereocenters. The van der Waals surface area contributed by atoms with Crippen molar-refractivity contribution in [3.63, 3.8) is 0 Å². The first-order valence-corrected chi connectivity index (χ1v) is 8.55. The number of hydrogen-bond donors (Lipinski definition) is 1. The molecule has 2 rings (SSSR count). The molecule has 2 aromatic carbocycles. The molecule has 112 valence electrons. The molecule has 3 nitrogen and oxygen atoms in total. The number of nitrogens with one attached hydrogen (secondary N) is 1. The topological polar surface area (TPSA) is 46.2 Å². The Kier molecular flexibility index (Phi) is 4.75. The molecule has 0 aliphatic heterocycles. The highest BCUT2D eigenvalue weighted by Crippen LogP contribution is 2.24. The van der Waals surface area contributed by atoms with E-state index in [0.717, 1.165) is 17.4 Å². The van der Waals surface area contributed by atoms with Crippen LogP contribution in [0.25, 0.3) is 11.1 Å². The van der Waals surface area contributed by atoms with Crippen LogP contribution in [-0.2, 0) is 10.0 Å². The molecule has 0 fully saturated rings. The molecule has 5 heteroatoms. The maximum Gasteiger partial charge on any atom is 0.208 e. The van der Waals surface area contributed by atoms with Crippen LogP contribution in [0.1, 0.15) is 18.4 Å². The molecule has 0 bridgehead atoms. The number of halogens is 1. The van der Waals surface area contributed by atoms with E-state index >= 15 is 0 Å². The molecule has 1 N–H and O–H groups in total. The molecule has 0 spiro atoms. The minimum absolute atomic E-state index is 0.0504. The van der Waals surface area contributed by atoms with Crippen LogP contribution in [0.5, 0.6) is 0 Å². The summed E-state index contributed by atoms with van der Waals surface area (Å²) in [7, 11) is -3.18. The van der Waals surface area contributed by atoms with Gasteiger partial charge in [0.1, 0.15) is 5.82 Å². The van der Waals surface area contributed by atoms with Gasteiger partial charge < -0.3 is 0 Å². The van der Waals surface area contributed by atoms with Crippen LogP contribution in [0.2, 0.25) is 0 Å². The van der Waals surface area contributed by atoms with Crippen molar-refractivity contribution in [2.75, 3.05) is 12.8 Å².